The predicted molar refractivity (Wildman–Crippen MR) is 89.8 cm³/mol. The molecule has 1 saturated carbocycles. The molecule has 1 aliphatic rings. The van der Waals surface area contributed by atoms with E-state index in [4.69, 9.17) is 11.6 Å². The monoisotopic (exact) mass is 309 g/mol. The second-order valence-corrected chi connectivity index (χ2v) is 7.10. The Labute approximate surface area is 134 Å². The van der Waals surface area contributed by atoms with Crippen LogP contribution in [0.1, 0.15) is 38.2 Å². The Morgan fingerprint density at radius 1 is 1.43 bits per heavy atom. The summed E-state index contributed by atoms with van der Waals surface area (Å²) in [7, 11) is 6.51. The van der Waals surface area contributed by atoms with Crippen molar-refractivity contribution in [1.29, 1.82) is 0 Å². The Balaban J connectivity index is 2.23. The lowest BCUT2D eigenvalue weighted by molar-refractivity contribution is 0.0461. The van der Waals surface area contributed by atoms with Crippen LogP contribution in [0, 0.1) is 5.92 Å². The molecule has 3 nitrogen and oxygen atoms in total. The number of likely N-dealkylation sites (N-methyl/N-ethyl adjacent to an activating group) is 2. The predicted octanol–water partition coefficient (Wildman–Crippen LogP) is 3.38. The van der Waals surface area contributed by atoms with Crippen molar-refractivity contribution in [3.05, 3.63) is 29.0 Å². The topological polar surface area (TPSA) is 28.2 Å². The van der Waals surface area contributed by atoms with Gasteiger partial charge in [-0.1, -0.05) is 18.5 Å². The number of pyridine rings is 1. The number of halogens is 1. The molecule has 0 aromatic carbocycles. The molecule has 4 heteroatoms. The van der Waals surface area contributed by atoms with Crippen LogP contribution in [-0.4, -0.2) is 42.6 Å². The maximum absolute atomic E-state index is 6.31. The maximum atomic E-state index is 6.31. The fourth-order valence-electron chi connectivity index (χ4n) is 3.72. The summed E-state index contributed by atoms with van der Waals surface area (Å²) < 4.78 is 0. The average molecular weight is 310 g/mol. The zero-order valence-electron chi connectivity index (χ0n) is 13.7. The molecule has 0 spiro atoms. The SMILES string of the molecule is CNC(Cc1ccncc1Cl)C1(N(C)C)CCC(C)CC1. The van der Waals surface area contributed by atoms with Crippen molar-refractivity contribution in [2.24, 2.45) is 5.92 Å². The summed E-state index contributed by atoms with van der Waals surface area (Å²) in [5.41, 5.74) is 1.40. The number of nitrogens with zero attached hydrogens (tertiary/aromatic N) is 2. The summed E-state index contributed by atoms with van der Waals surface area (Å²) in [5, 5.41) is 4.34. The largest absolute Gasteiger partial charge is 0.315 e. The summed E-state index contributed by atoms with van der Waals surface area (Å²) in [6.07, 6.45) is 9.63. The van der Waals surface area contributed by atoms with Crippen LogP contribution in [0.4, 0.5) is 0 Å². The van der Waals surface area contributed by atoms with Crippen molar-refractivity contribution in [3.8, 4) is 0 Å². The van der Waals surface area contributed by atoms with Gasteiger partial charge in [0, 0.05) is 24.0 Å². The molecule has 0 radical (unpaired) electrons. The Bertz CT molecular complexity index is 453. The maximum Gasteiger partial charge on any atom is 0.0621 e. The van der Waals surface area contributed by atoms with Crippen LogP contribution in [0.15, 0.2) is 18.5 Å². The zero-order valence-corrected chi connectivity index (χ0v) is 14.5. The van der Waals surface area contributed by atoms with E-state index < -0.39 is 0 Å². The van der Waals surface area contributed by atoms with Crippen molar-refractivity contribution in [2.45, 2.75) is 50.6 Å². The van der Waals surface area contributed by atoms with Gasteiger partial charge in [0.05, 0.1) is 5.02 Å². The van der Waals surface area contributed by atoms with Gasteiger partial charge in [-0.15, -0.1) is 0 Å². The Morgan fingerprint density at radius 3 is 2.62 bits per heavy atom. The molecule has 1 fully saturated rings. The molecule has 118 valence electrons. The van der Waals surface area contributed by atoms with Gasteiger partial charge < -0.3 is 10.2 Å². The molecule has 0 aliphatic heterocycles. The highest BCUT2D eigenvalue weighted by molar-refractivity contribution is 6.31. The molecule has 21 heavy (non-hydrogen) atoms. The fourth-order valence-corrected chi connectivity index (χ4v) is 3.92. The van der Waals surface area contributed by atoms with Gasteiger partial charge in [0.25, 0.3) is 0 Å². The summed E-state index contributed by atoms with van der Waals surface area (Å²) in [6.45, 7) is 2.37. The number of hydrogen-bond donors (Lipinski definition) is 1. The van der Waals surface area contributed by atoms with Gasteiger partial charge in [-0.25, -0.2) is 0 Å². The third-order valence-electron chi connectivity index (χ3n) is 5.31. The van der Waals surface area contributed by atoms with Crippen LogP contribution in [0.25, 0.3) is 0 Å². The van der Waals surface area contributed by atoms with Crippen LogP contribution in [0.5, 0.6) is 0 Å². The lowest BCUT2D eigenvalue weighted by Crippen LogP contribution is -2.60. The van der Waals surface area contributed by atoms with E-state index >= 15 is 0 Å². The van der Waals surface area contributed by atoms with E-state index in [2.05, 4.69) is 43.3 Å². The van der Waals surface area contributed by atoms with Crippen molar-refractivity contribution < 1.29 is 0 Å². The van der Waals surface area contributed by atoms with Crippen LogP contribution in [0.3, 0.4) is 0 Å². The Hall–Kier alpha value is -0.640. The van der Waals surface area contributed by atoms with Crippen LogP contribution in [0.2, 0.25) is 5.02 Å². The third-order valence-corrected chi connectivity index (χ3v) is 5.65. The molecule has 0 amide bonds. The molecule has 0 saturated heterocycles. The molecule has 1 atom stereocenters. The second kappa shape index (κ2) is 7.08. The number of hydrogen-bond acceptors (Lipinski definition) is 3. The van der Waals surface area contributed by atoms with Crippen molar-refractivity contribution in [1.82, 2.24) is 15.2 Å². The highest BCUT2D eigenvalue weighted by Crippen LogP contribution is 2.39. The summed E-state index contributed by atoms with van der Waals surface area (Å²) in [5.74, 6) is 0.847. The molecule has 1 heterocycles. The second-order valence-electron chi connectivity index (χ2n) is 6.69. The van der Waals surface area contributed by atoms with Gasteiger partial charge in [0.2, 0.25) is 0 Å². The highest BCUT2D eigenvalue weighted by atomic mass is 35.5. The zero-order chi connectivity index (χ0) is 15.5. The number of aromatic nitrogens is 1. The number of nitrogens with one attached hydrogen (secondary N) is 1. The van der Waals surface area contributed by atoms with Crippen LogP contribution < -0.4 is 5.32 Å². The van der Waals surface area contributed by atoms with E-state index in [0.29, 0.717) is 6.04 Å². The van der Waals surface area contributed by atoms with Crippen LogP contribution in [-0.2, 0) is 6.42 Å². The molecule has 1 unspecified atom stereocenters. The van der Waals surface area contributed by atoms with E-state index in [1.54, 1.807) is 6.20 Å². The van der Waals surface area contributed by atoms with Crippen molar-refractivity contribution in [3.63, 3.8) is 0 Å². The van der Waals surface area contributed by atoms with E-state index in [-0.39, 0.29) is 5.54 Å². The summed E-state index contributed by atoms with van der Waals surface area (Å²) in [4.78, 5) is 6.52. The van der Waals surface area contributed by atoms with Gasteiger partial charge in [-0.3, -0.25) is 4.98 Å². The fraction of sp³-hybridized carbons (Fsp3) is 0.706. The molecule has 1 aromatic heterocycles. The molecule has 0 bridgehead atoms. The first-order valence-electron chi connectivity index (χ1n) is 7.92. The van der Waals surface area contributed by atoms with Gasteiger partial charge in [-0.2, -0.15) is 0 Å². The Kier molecular flexibility index (Phi) is 5.64. The molecule has 2 rings (SSSR count). The molecule has 1 aliphatic carbocycles. The first-order chi connectivity index (χ1) is 9.99. The Morgan fingerprint density at radius 2 is 2.10 bits per heavy atom. The summed E-state index contributed by atoms with van der Waals surface area (Å²) >= 11 is 6.31. The smallest absolute Gasteiger partial charge is 0.0621 e. The van der Waals surface area contributed by atoms with Crippen molar-refractivity contribution >= 4 is 11.6 Å². The summed E-state index contributed by atoms with van der Waals surface area (Å²) in [6, 6.07) is 2.45. The third kappa shape index (κ3) is 3.58. The minimum atomic E-state index is 0.216. The van der Waals surface area contributed by atoms with E-state index in [0.717, 1.165) is 17.4 Å². The van der Waals surface area contributed by atoms with Crippen molar-refractivity contribution in [2.75, 3.05) is 21.1 Å². The lowest BCUT2D eigenvalue weighted by Gasteiger charge is -2.50. The van der Waals surface area contributed by atoms with Gasteiger partial charge >= 0.3 is 0 Å². The number of rotatable bonds is 5. The minimum Gasteiger partial charge on any atom is -0.315 e. The minimum absolute atomic E-state index is 0.216. The van der Waals surface area contributed by atoms with E-state index in [1.807, 2.05) is 12.3 Å². The lowest BCUT2D eigenvalue weighted by atomic mass is 9.70. The quantitative estimate of drug-likeness (QED) is 0.904. The molecule has 1 aromatic rings. The van der Waals surface area contributed by atoms with Crippen LogP contribution >= 0.6 is 11.6 Å². The van der Waals surface area contributed by atoms with Gasteiger partial charge in [0.15, 0.2) is 0 Å². The van der Waals surface area contributed by atoms with E-state index in [9.17, 15) is 0 Å². The highest BCUT2D eigenvalue weighted by Gasteiger charge is 2.42. The first kappa shape index (κ1) is 16.7. The van der Waals surface area contributed by atoms with Gasteiger partial charge in [0.1, 0.15) is 0 Å². The standard InChI is InChI=1S/C17H28ClN3/c1-13-5-8-17(9-6-13,21(3)4)16(19-2)11-14-7-10-20-12-15(14)18/h7,10,12-13,16,19H,5-6,8-9,11H2,1-4H3. The van der Waals surface area contributed by atoms with E-state index in [1.165, 1.54) is 31.2 Å². The molecular formula is C17H28ClN3. The first-order valence-corrected chi connectivity index (χ1v) is 8.30. The molecule has 1 N–H and O–H groups in total. The molecular weight excluding hydrogens is 282 g/mol. The average Bonchev–Trinajstić information content (AvgIpc) is 2.47. The normalized spacial score (nSPS) is 27.8. The van der Waals surface area contributed by atoms with Gasteiger partial charge in [-0.05, 0) is 70.8 Å².